The molecule has 2 aromatic carbocycles. The second-order valence-electron chi connectivity index (χ2n) is 5.67. The van der Waals surface area contributed by atoms with E-state index in [1.165, 1.54) is 10.4 Å². The lowest BCUT2D eigenvalue weighted by atomic mass is 10.1. The van der Waals surface area contributed by atoms with Crippen molar-refractivity contribution >= 4 is 46.0 Å². The van der Waals surface area contributed by atoms with Crippen LogP contribution in [0.4, 0.5) is 5.69 Å². The van der Waals surface area contributed by atoms with Crippen molar-refractivity contribution in [2.75, 3.05) is 11.9 Å². The number of anilines is 1. The molecule has 0 saturated carbocycles. The van der Waals surface area contributed by atoms with Gasteiger partial charge in [-0.25, -0.2) is 0 Å². The van der Waals surface area contributed by atoms with Gasteiger partial charge in [0, 0.05) is 22.1 Å². The normalized spacial score (nSPS) is 10.4. The minimum absolute atomic E-state index is 0.719. The Bertz CT molecular complexity index is 786. The summed E-state index contributed by atoms with van der Waals surface area (Å²) in [6, 6.07) is 22.3. The molecule has 1 aromatic heterocycles. The molecule has 0 fully saturated rings. The molecule has 0 aliphatic heterocycles. The van der Waals surface area contributed by atoms with Gasteiger partial charge in [0.1, 0.15) is 0 Å². The third-order valence-corrected chi connectivity index (χ3v) is 5.30. The third kappa shape index (κ3) is 5.56. The van der Waals surface area contributed by atoms with Crippen molar-refractivity contribution in [3.63, 3.8) is 0 Å². The second kappa shape index (κ2) is 8.99. The fourth-order valence-corrected chi connectivity index (χ4v) is 3.61. The molecule has 3 aromatic rings. The lowest BCUT2D eigenvalue weighted by Crippen LogP contribution is -2.35. The summed E-state index contributed by atoms with van der Waals surface area (Å²) in [6.07, 6.45) is 0.953. The molecule has 3 rings (SSSR count). The van der Waals surface area contributed by atoms with Crippen LogP contribution in [0.5, 0.6) is 0 Å². The third-order valence-electron chi connectivity index (χ3n) is 3.82. The number of hydrogen-bond acceptors (Lipinski definition) is 2. The Morgan fingerprint density at radius 1 is 1.00 bits per heavy atom. The van der Waals surface area contributed by atoms with Gasteiger partial charge in [-0.05, 0) is 59.9 Å². The topological polar surface area (TPSA) is 15.3 Å². The van der Waals surface area contributed by atoms with E-state index in [0.717, 1.165) is 35.3 Å². The maximum absolute atomic E-state index is 5.95. The molecule has 2 nitrogen and oxygen atoms in total. The van der Waals surface area contributed by atoms with Crippen LogP contribution in [0.3, 0.4) is 0 Å². The molecular weight excluding hydrogens is 368 g/mol. The van der Waals surface area contributed by atoms with Crippen molar-refractivity contribution in [1.82, 2.24) is 4.90 Å². The lowest BCUT2D eigenvalue weighted by Gasteiger charge is -2.25. The van der Waals surface area contributed by atoms with Crippen LogP contribution in [0, 0.1) is 0 Å². The highest BCUT2D eigenvalue weighted by Crippen LogP contribution is 2.17. The average molecular weight is 387 g/mol. The van der Waals surface area contributed by atoms with E-state index < -0.39 is 0 Å². The Morgan fingerprint density at radius 3 is 2.44 bits per heavy atom. The zero-order chi connectivity index (χ0) is 17.5. The van der Waals surface area contributed by atoms with E-state index >= 15 is 0 Å². The molecule has 0 unspecified atom stereocenters. The van der Waals surface area contributed by atoms with Gasteiger partial charge in [0.2, 0.25) is 0 Å². The van der Waals surface area contributed by atoms with Gasteiger partial charge in [0.05, 0.1) is 6.54 Å². The number of benzene rings is 2. The van der Waals surface area contributed by atoms with E-state index in [1.54, 1.807) is 11.3 Å². The van der Waals surface area contributed by atoms with E-state index in [1.807, 2.05) is 30.3 Å². The number of rotatable bonds is 6. The van der Waals surface area contributed by atoms with Crippen molar-refractivity contribution in [3.8, 4) is 0 Å². The summed E-state index contributed by atoms with van der Waals surface area (Å²) >= 11 is 13.4. The SMILES string of the molecule is S=C(Nc1ccc(Cl)cc1)N(CCc1ccccc1)Cc1cccs1. The van der Waals surface area contributed by atoms with Crippen LogP contribution in [-0.4, -0.2) is 16.6 Å². The Morgan fingerprint density at radius 2 is 1.76 bits per heavy atom. The van der Waals surface area contributed by atoms with Crippen molar-refractivity contribution in [2.45, 2.75) is 13.0 Å². The number of thiocarbonyl (C=S) groups is 1. The molecule has 1 N–H and O–H groups in total. The van der Waals surface area contributed by atoms with E-state index in [4.69, 9.17) is 23.8 Å². The van der Waals surface area contributed by atoms with Crippen LogP contribution in [-0.2, 0) is 13.0 Å². The van der Waals surface area contributed by atoms with Gasteiger partial charge < -0.3 is 10.2 Å². The second-order valence-corrected chi connectivity index (χ2v) is 7.53. The van der Waals surface area contributed by atoms with E-state index in [2.05, 4.69) is 52.0 Å². The van der Waals surface area contributed by atoms with Crippen LogP contribution in [0.2, 0.25) is 5.02 Å². The molecule has 0 radical (unpaired) electrons. The first-order chi connectivity index (χ1) is 12.2. The number of halogens is 1. The van der Waals surface area contributed by atoms with Crippen molar-refractivity contribution < 1.29 is 0 Å². The molecule has 0 aliphatic carbocycles. The van der Waals surface area contributed by atoms with Crippen molar-refractivity contribution in [1.29, 1.82) is 0 Å². The molecule has 0 amide bonds. The van der Waals surface area contributed by atoms with Gasteiger partial charge in [-0.2, -0.15) is 0 Å². The predicted octanol–water partition coefficient (Wildman–Crippen LogP) is 5.84. The van der Waals surface area contributed by atoms with Gasteiger partial charge >= 0.3 is 0 Å². The first kappa shape index (κ1) is 17.9. The van der Waals surface area contributed by atoms with E-state index in [9.17, 15) is 0 Å². The van der Waals surface area contributed by atoms with Gasteiger partial charge in [-0.15, -0.1) is 11.3 Å². The summed E-state index contributed by atoms with van der Waals surface area (Å²) in [6.45, 7) is 1.67. The Labute approximate surface area is 163 Å². The molecule has 5 heteroatoms. The lowest BCUT2D eigenvalue weighted by molar-refractivity contribution is 0.427. The zero-order valence-corrected chi connectivity index (χ0v) is 16.1. The number of hydrogen-bond donors (Lipinski definition) is 1. The largest absolute Gasteiger partial charge is 0.344 e. The minimum Gasteiger partial charge on any atom is -0.344 e. The van der Waals surface area contributed by atoms with Crippen LogP contribution in [0.15, 0.2) is 72.1 Å². The maximum atomic E-state index is 5.95. The highest BCUT2D eigenvalue weighted by Gasteiger charge is 2.12. The number of nitrogens with zero attached hydrogens (tertiary/aromatic N) is 1. The van der Waals surface area contributed by atoms with Crippen molar-refractivity contribution in [2.24, 2.45) is 0 Å². The first-order valence-corrected chi connectivity index (χ1v) is 9.75. The fourth-order valence-electron chi connectivity index (χ4n) is 2.49. The van der Waals surface area contributed by atoms with Gasteiger partial charge in [-0.1, -0.05) is 48.0 Å². The standard InChI is InChI=1S/C20H19ClN2S2/c21-17-8-10-18(11-9-17)22-20(24)23(15-19-7-4-14-25-19)13-12-16-5-2-1-3-6-16/h1-11,14H,12-13,15H2,(H,22,24). The Balaban J connectivity index is 1.68. The molecule has 128 valence electrons. The molecule has 0 bridgehead atoms. The van der Waals surface area contributed by atoms with Gasteiger partial charge in [0.25, 0.3) is 0 Å². The minimum atomic E-state index is 0.719. The molecule has 0 spiro atoms. The molecular formula is C20H19ClN2S2. The molecule has 1 heterocycles. The summed E-state index contributed by atoms with van der Waals surface area (Å²) in [5.41, 5.74) is 2.26. The molecule has 0 aliphatic rings. The zero-order valence-electron chi connectivity index (χ0n) is 13.7. The van der Waals surface area contributed by atoms with Crippen molar-refractivity contribution in [3.05, 3.63) is 87.6 Å². The summed E-state index contributed by atoms with van der Waals surface area (Å²) in [5.74, 6) is 0. The van der Waals surface area contributed by atoms with Crippen LogP contribution in [0.25, 0.3) is 0 Å². The van der Waals surface area contributed by atoms with Crippen LogP contribution < -0.4 is 5.32 Å². The summed E-state index contributed by atoms with van der Waals surface area (Å²) in [4.78, 5) is 3.51. The van der Waals surface area contributed by atoms with E-state index in [0.29, 0.717) is 0 Å². The predicted molar refractivity (Wildman–Crippen MR) is 113 cm³/mol. The van der Waals surface area contributed by atoms with Crippen LogP contribution >= 0.6 is 35.2 Å². The number of thiophene rings is 1. The highest BCUT2D eigenvalue weighted by molar-refractivity contribution is 7.80. The number of nitrogens with one attached hydrogen (secondary N) is 1. The Hall–Kier alpha value is -1.88. The van der Waals surface area contributed by atoms with Crippen LogP contribution in [0.1, 0.15) is 10.4 Å². The monoisotopic (exact) mass is 386 g/mol. The molecule has 0 saturated heterocycles. The highest BCUT2D eigenvalue weighted by atomic mass is 35.5. The average Bonchev–Trinajstić information content (AvgIpc) is 3.14. The van der Waals surface area contributed by atoms with Gasteiger partial charge in [0.15, 0.2) is 5.11 Å². The molecule has 0 atom stereocenters. The first-order valence-electron chi connectivity index (χ1n) is 8.08. The summed E-state index contributed by atoms with van der Waals surface area (Å²) in [7, 11) is 0. The Kier molecular flexibility index (Phi) is 6.45. The molecule has 25 heavy (non-hydrogen) atoms. The van der Waals surface area contributed by atoms with Gasteiger partial charge in [-0.3, -0.25) is 0 Å². The summed E-state index contributed by atoms with van der Waals surface area (Å²) in [5, 5.41) is 6.87. The maximum Gasteiger partial charge on any atom is 0.173 e. The smallest absolute Gasteiger partial charge is 0.173 e. The van der Waals surface area contributed by atoms with E-state index in [-0.39, 0.29) is 0 Å². The fraction of sp³-hybridized carbons (Fsp3) is 0.150. The quantitative estimate of drug-likeness (QED) is 0.535. The summed E-state index contributed by atoms with van der Waals surface area (Å²) < 4.78 is 0.